The van der Waals surface area contributed by atoms with Gasteiger partial charge in [-0.25, -0.2) is 0 Å². The van der Waals surface area contributed by atoms with E-state index in [1.165, 1.54) is 5.56 Å². The standard InChI is InChI=1S/C16H20O/c1-13(2)12-15(17)16(10-6-7-11-16)14-8-4-3-5-9-14/h3-5,8-9H,1,6-7,10-12H2,2H3. The van der Waals surface area contributed by atoms with Crippen molar-refractivity contribution in [3.8, 4) is 0 Å². The van der Waals surface area contributed by atoms with Crippen molar-refractivity contribution in [3.63, 3.8) is 0 Å². The Kier molecular flexibility index (Phi) is 3.46. The highest BCUT2D eigenvalue weighted by Gasteiger charge is 2.41. The van der Waals surface area contributed by atoms with Crippen LogP contribution in [0.15, 0.2) is 42.5 Å². The predicted molar refractivity (Wildman–Crippen MR) is 71.0 cm³/mol. The van der Waals surface area contributed by atoms with Gasteiger partial charge in [-0.05, 0) is 25.3 Å². The lowest BCUT2D eigenvalue weighted by atomic mass is 9.73. The Labute approximate surface area is 104 Å². The van der Waals surface area contributed by atoms with Crippen molar-refractivity contribution in [2.75, 3.05) is 0 Å². The van der Waals surface area contributed by atoms with E-state index in [4.69, 9.17) is 0 Å². The molecule has 1 nitrogen and oxygen atoms in total. The van der Waals surface area contributed by atoms with E-state index < -0.39 is 0 Å². The van der Waals surface area contributed by atoms with Gasteiger partial charge in [0.2, 0.25) is 0 Å². The predicted octanol–water partition coefficient (Wildman–Crippen LogP) is 4.03. The molecule has 0 unspecified atom stereocenters. The second-order valence-corrected chi connectivity index (χ2v) is 5.21. The topological polar surface area (TPSA) is 17.1 Å². The van der Waals surface area contributed by atoms with Crippen molar-refractivity contribution < 1.29 is 4.79 Å². The largest absolute Gasteiger partial charge is 0.298 e. The number of benzene rings is 1. The number of Topliss-reactive ketones (excluding diaryl/α,β-unsaturated/α-hetero) is 1. The van der Waals surface area contributed by atoms with E-state index in [0.29, 0.717) is 12.2 Å². The molecule has 1 aliphatic carbocycles. The number of hydrogen-bond donors (Lipinski definition) is 0. The third-order valence-electron chi connectivity index (χ3n) is 3.78. The molecule has 1 heteroatoms. The van der Waals surface area contributed by atoms with Crippen LogP contribution in [0.2, 0.25) is 0 Å². The fraction of sp³-hybridized carbons (Fsp3) is 0.438. The molecular formula is C16H20O. The molecule has 17 heavy (non-hydrogen) atoms. The molecule has 0 saturated heterocycles. The first-order chi connectivity index (χ1) is 8.15. The second-order valence-electron chi connectivity index (χ2n) is 5.21. The Morgan fingerprint density at radius 1 is 1.24 bits per heavy atom. The quantitative estimate of drug-likeness (QED) is 0.711. The summed E-state index contributed by atoms with van der Waals surface area (Å²) in [4.78, 5) is 12.5. The number of hydrogen-bond acceptors (Lipinski definition) is 1. The molecule has 1 saturated carbocycles. The summed E-state index contributed by atoms with van der Waals surface area (Å²) >= 11 is 0. The summed E-state index contributed by atoms with van der Waals surface area (Å²) < 4.78 is 0. The maximum Gasteiger partial charge on any atom is 0.147 e. The Hall–Kier alpha value is -1.37. The van der Waals surface area contributed by atoms with Gasteiger partial charge in [-0.1, -0.05) is 55.3 Å². The zero-order valence-electron chi connectivity index (χ0n) is 10.5. The zero-order valence-corrected chi connectivity index (χ0v) is 10.5. The van der Waals surface area contributed by atoms with Crippen LogP contribution >= 0.6 is 0 Å². The van der Waals surface area contributed by atoms with Gasteiger partial charge >= 0.3 is 0 Å². The van der Waals surface area contributed by atoms with E-state index >= 15 is 0 Å². The lowest BCUT2D eigenvalue weighted by molar-refractivity contribution is -0.123. The molecule has 0 bridgehead atoms. The molecule has 0 N–H and O–H groups in total. The van der Waals surface area contributed by atoms with Gasteiger partial charge in [0.15, 0.2) is 0 Å². The molecule has 0 heterocycles. The molecule has 2 rings (SSSR count). The Morgan fingerprint density at radius 2 is 1.82 bits per heavy atom. The summed E-state index contributed by atoms with van der Waals surface area (Å²) in [6.45, 7) is 5.81. The van der Waals surface area contributed by atoms with E-state index in [2.05, 4.69) is 18.7 Å². The van der Waals surface area contributed by atoms with E-state index in [0.717, 1.165) is 31.3 Å². The van der Waals surface area contributed by atoms with Crippen LogP contribution in [0.3, 0.4) is 0 Å². The van der Waals surface area contributed by atoms with E-state index in [-0.39, 0.29) is 5.41 Å². The van der Waals surface area contributed by atoms with Gasteiger partial charge < -0.3 is 0 Å². The third kappa shape index (κ3) is 2.33. The Morgan fingerprint density at radius 3 is 2.35 bits per heavy atom. The molecule has 1 fully saturated rings. The third-order valence-corrected chi connectivity index (χ3v) is 3.78. The first-order valence-corrected chi connectivity index (χ1v) is 6.38. The molecule has 0 atom stereocenters. The maximum atomic E-state index is 12.5. The number of allylic oxidation sites excluding steroid dienone is 1. The van der Waals surface area contributed by atoms with Crippen LogP contribution in [0.1, 0.15) is 44.6 Å². The van der Waals surface area contributed by atoms with Crippen molar-refractivity contribution in [2.45, 2.75) is 44.4 Å². The molecule has 0 radical (unpaired) electrons. The molecule has 1 aromatic rings. The summed E-state index contributed by atoms with van der Waals surface area (Å²) in [5, 5.41) is 0. The van der Waals surface area contributed by atoms with Gasteiger partial charge in [0.1, 0.15) is 5.78 Å². The van der Waals surface area contributed by atoms with Gasteiger partial charge in [0.05, 0.1) is 5.41 Å². The Bertz CT molecular complexity index is 410. The monoisotopic (exact) mass is 228 g/mol. The number of carbonyl (C=O) groups excluding carboxylic acids is 1. The summed E-state index contributed by atoms with van der Waals surface area (Å²) in [6.07, 6.45) is 4.86. The summed E-state index contributed by atoms with van der Waals surface area (Å²) in [5.74, 6) is 0.355. The highest BCUT2D eigenvalue weighted by Crippen LogP contribution is 2.42. The van der Waals surface area contributed by atoms with Crippen LogP contribution in [0.5, 0.6) is 0 Å². The van der Waals surface area contributed by atoms with Crippen LogP contribution in [-0.2, 0) is 10.2 Å². The van der Waals surface area contributed by atoms with Crippen LogP contribution in [0.25, 0.3) is 0 Å². The fourth-order valence-electron chi connectivity index (χ4n) is 2.91. The average Bonchev–Trinajstić information content (AvgIpc) is 2.79. The van der Waals surface area contributed by atoms with Crippen LogP contribution in [-0.4, -0.2) is 5.78 Å². The van der Waals surface area contributed by atoms with Gasteiger partial charge in [0, 0.05) is 6.42 Å². The maximum absolute atomic E-state index is 12.5. The van der Waals surface area contributed by atoms with Crippen molar-refractivity contribution in [2.24, 2.45) is 0 Å². The minimum Gasteiger partial charge on any atom is -0.298 e. The minimum absolute atomic E-state index is 0.222. The molecule has 1 aliphatic rings. The summed E-state index contributed by atoms with van der Waals surface area (Å²) in [6, 6.07) is 10.3. The lowest BCUT2D eigenvalue weighted by Gasteiger charge is -2.28. The normalized spacial score (nSPS) is 17.9. The number of ketones is 1. The van der Waals surface area contributed by atoms with Crippen molar-refractivity contribution >= 4 is 5.78 Å². The number of rotatable bonds is 4. The van der Waals surface area contributed by atoms with Crippen LogP contribution < -0.4 is 0 Å². The van der Waals surface area contributed by atoms with E-state index in [1.807, 2.05) is 25.1 Å². The molecule has 0 spiro atoms. The fourth-order valence-corrected chi connectivity index (χ4v) is 2.91. The molecular weight excluding hydrogens is 208 g/mol. The smallest absolute Gasteiger partial charge is 0.147 e. The molecule has 0 aliphatic heterocycles. The van der Waals surface area contributed by atoms with Gasteiger partial charge in [-0.2, -0.15) is 0 Å². The van der Waals surface area contributed by atoms with Gasteiger partial charge in [0.25, 0.3) is 0 Å². The zero-order chi connectivity index (χ0) is 12.3. The van der Waals surface area contributed by atoms with Gasteiger partial charge in [-0.3, -0.25) is 4.79 Å². The minimum atomic E-state index is -0.222. The highest BCUT2D eigenvalue weighted by molar-refractivity contribution is 5.92. The first-order valence-electron chi connectivity index (χ1n) is 6.38. The van der Waals surface area contributed by atoms with E-state index in [9.17, 15) is 4.79 Å². The molecule has 90 valence electrons. The lowest BCUT2D eigenvalue weighted by Crippen LogP contribution is -2.32. The number of carbonyl (C=O) groups is 1. The SMILES string of the molecule is C=C(C)CC(=O)C1(c2ccccc2)CCCC1. The van der Waals surface area contributed by atoms with Crippen molar-refractivity contribution in [3.05, 3.63) is 48.0 Å². The van der Waals surface area contributed by atoms with Crippen LogP contribution in [0, 0.1) is 0 Å². The molecule has 0 aromatic heterocycles. The van der Waals surface area contributed by atoms with Gasteiger partial charge in [-0.15, -0.1) is 0 Å². The molecule has 0 amide bonds. The van der Waals surface area contributed by atoms with Crippen molar-refractivity contribution in [1.82, 2.24) is 0 Å². The summed E-state index contributed by atoms with van der Waals surface area (Å²) in [7, 11) is 0. The average molecular weight is 228 g/mol. The highest BCUT2D eigenvalue weighted by atomic mass is 16.1. The Balaban J connectivity index is 2.33. The van der Waals surface area contributed by atoms with E-state index in [1.54, 1.807) is 0 Å². The van der Waals surface area contributed by atoms with Crippen molar-refractivity contribution in [1.29, 1.82) is 0 Å². The first kappa shape index (κ1) is 12.1. The molecule has 1 aromatic carbocycles. The van der Waals surface area contributed by atoms with Crippen LogP contribution in [0.4, 0.5) is 0 Å². The second kappa shape index (κ2) is 4.87. The summed E-state index contributed by atoms with van der Waals surface area (Å²) in [5.41, 5.74) is 1.95.